The zero-order chi connectivity index (χ0) is 14.5. The van der Waals surface area contributed by atoms with Crippen molar-refractivity contribution in [3.8, 4) is 0 Å². The van der Waals surface area contributed by atoms with Crippen LogP contribution in [-0.4, -0.2) is 23.8 Å². The summed E-state index contributed by atoms with van der Waals surface area (Å²) in [6.45, 7) is 6.36. The van der Waals surface area contributed by atoms with Crippen LogP contribution in [0.1, 0.15) is 21.1 Å². The van der Waals surface area contributed by atoms with Crippen LogP contribution in [0.4, 0.5) is 0 Å². The van der Waals surface area contributed by atoms with Crippen molar-refractivity contribution in [3.63, 3.8) is 0 Å². The van der Waals surface area contributed by atoms with E-state index in [1.165, 1.54) is 26.0 Å². The van der Waals surface area contributed by atoms with Crippen LogP contribution in [0.2, 0.25) is 0 Å². The van der Waals surface area contributed by atoms with Gasteiger partial charge >= 0.3 is 0 Å². The largest absolute Gasteiger partial charge is 0.316 e. The lowest BCUT2D eigenvalue weighted by molar-refractivity contribution is 0.615. The van der Waals surface area contributed by atoms with E-state index in [4.69, 9.17) is 0 Å². The Kier molecular flexibility index (Phi) is 5.64. The number of nitrogens with zero attached hydrogens (tertiary/aromatic N) is 1. The average Bonchev–Trinajstić information content (AvgIpc) is 2.75. The molecule has 0 saturated carbocycles. The number of aryl methyl sites for hydroxylation is 3. The van der Waals surface area contributed by atoms with Gasteiger partial charge in [0.25, 0.3) is 0 Å². The molecular weight excluding hydrogens is 284 g/mol. The summed E-state index contributed by atoms with van der Waals surface area (Å²) in [5, 5.41) is 4.65. The molecule has 1 aromatic heterocycles. The number of thioether (sulfide) groups is 1. The van der Waals surface area contributed by atoms with E-state index in [2.05, 4.69) is 55.3 Å². The van der Waals surface area contributed by atoms with Gasteiger partial charge in [-0.05, 0) is 40.0 Å². The molecule has 1 heterocycles. The standard InChI is InChI=1S/C16H22N2S2/c1-11-5-7-15(8-6-11)19-10-14(17-4)9-16-18-12(2)13(3)20-16/h5-8,14,17H,9-10H2,1-4H3. The molecule has 0 aliphatic rings. The summed E-state index contributed by atoms with van der Waals surface area (Å²) in [4.78, 5) is 7.30. The van der Waals surface area contributed by atoms with Gasteiger partial charge in [-0.25, -0.2) is 4.98 Å². The van der Waals surface area contributed by atoms with E-state index < -0.39 is 0 Å². The fraction of sp³-hybridized carbons (Fsp3) is 0.438. The molecule has 0 aliphatic heterocycles. The molecule has 2 rings (SSSR count). The van der Waals surface area contributed by atoms with E-state index in [9.17, 15) is 0 Å². The van der Waals surface area contributed by atoms with Crippen LogP contribution in [0.3, 0.4) is 0 Å². The highest BCUT2D eigenvalue weighted by molar-refractivity contribution is 7.99. The average molecular weight is 306 g/mol. The first-order valence-electron chi connectivity index (χ1n) is 6.88. The van der Waals surface area contributed by atoms with Gasteiger partial charge in [0, 0.05) is 28.0 Å². The second kappa shape index (κ2) is 7.25. The van der Waals surface area contributed by atoms with Gasteiger partial charge in [-0.15, -0.1) is 23.1 Å². The van der Waals surface area contributed by atoms with Gasteiger partial charge in [-0.1, -0.05) is 17.7 Å². The topological polar surface area (TPSA) is 24.9 Å². The summed E-state index contributed by atoms with van der Waals surface area (Å²) in [6.07, 6.45) is 1.01. The number of benzene rings is 1. The zero-order valence-electron chi connectivity index (χ0n) is 12.6. The van der Waals surface area contributed by atoms with Gasteiger partial charge in [0.1, 0.15) is 0 Å². The lowest BCUT2D eigenvalue weighted by Gasteiger charge is -2.14. The molecule has 0 amide bonds. The molecule has 1 N–H and O–H groups in total. The Morgan fingerprint density at radius 1 is 1.20 bits per heavy atom. The monoisotopic (exact) mass is 306 g/mol. The maximum Gasteiger partial charge on any atom is 0.0946 e. The highest BCUT2D eigenvalue weighted by atomic mass is 32.2. The number of hydrogen-bond acceptors (Lipinski definition) is 4. The molecule has 0 bridgehead atoms. The Bertz CT molecular complexity index is 527. The SMILES string of the molecule is CNC(CSc1ccc(C)cc1)Cc1nc(C)c(C)s1. The minimum absolute atomic E-state index is 0.464. The first-order valence-corrected chi connectivity index (χ1v) is 8.68. The molecule has 2 aromatic rings. The molecular formula is C16H22N2S2. The third kappa shape index (κ3) is 4.33. The van der Waals surface area contributed by atoms with Crippen molar-refractivity contribution in [1.29, 1.82) is 0 Å². The summed E-state index contributed by atoms with van der Waals surface area (Å²) >= 11 is 3.73. The molecule has 0 aliphatic carbocycles. The lowest BCUT2D eigenvalue weighted by atomic mass is 10.2. The van der Waals surface area contributed by atoms with Crippen molar-refractivity contribution in [2.24, 2.45) is 0 Å². The van der Waals surface area contributed by atoms with Crippen molar-refractivity contribution < 1.29 is 0 Å². The molecule has 2 nitrogen and oxygen atoms in total. The summed E-state index contributed by atoms with van der Waals surface area (Å²) < 4.78 is 0. The Morgan fingerprint density at radius 3 is 2.45 bits per heavy atom. The molecule has 1 aromatic carbocycles. The van der Waals surface area contributed by atoms with E-state index in [1.54, 1.807) is 0 Å². The number of hydrogen-bond donors (Lipinski definition) is 1. The molecule has 4 heteroatoms. The van der Waals surface area contributed by atoms with Gasteiger partial charge in [0.2, 0.25) is 0 Å². The van der Waals surface area contributed by atoms with Crippen LogP contribution in [0.25, 0.3) is 0 Å². The first-order chi connectivity index (χ1) is 9.58. The summed E-state index contributed by atoms with van der Waals surface area (Å²) in [5.41, 5.74) is 2.49. The maximum absolute atomic E-state index is 4.63. The number of thiazole rings is 1. The van der Waals surface area contributed by atoms with Crippen LogP contribution < -0.4 is 5.32 Å². The van der Waals surface area contributed by atoms with E-state index in [-0.39, 0.29) is 0 Å². The van der Waals surface area contributed by atoms with Crippen LogP contribution in [0, 0.1) is 20.8 Å². The summed E-state index contributed by atoms with van der Waals surface area (Å²) in [5.74, 6) is 1.07. The molecule has 108 valence electrons. The van der Waals surface area contributed by atoms with Gasteiger partial charge in [-0.2, -0.15) is 0 Å². The Morgan fingerprint density at radius 2 is 1.90 bits per heavy atom. The first kappa shape index (κ1) is 15.5. The second-order valence-corrected chi connectivity index (χ2v) is 7.44. The fourth-order valence-corrected chi connectivity index (χ4v) is 3.93. The van der Waals surface area contributed by atoms with Crippen LogP contribution in [0.15, 0.2) is 29.2 Å². The van der Waals surface area contributed by atoms with Crippen molar-refractivity contribution in [3.05, 3.63) is 45.4 Å². The van der Waals surface area contributed by atoms with Crippen molar-refractivity contribution in [2.75, 3.05) is 12.8 Å². The quantitative estimate of drug-likeness (QED) is 0.817. The molecule has 0 fully saturated rings. The summed E-state index contributed by atoms with van der Waals surface area (Å²) in [7, 11) is 2.04. The van der Waals surface area contributed by atoms with E-state index in [1.807, 2.05) is 30.1 Å². The number of likely N-dealkylation sites (N-methyl/N-ethyl adjacent to an activating group) is 1. The van der Waals surface area contributed by atoms with Crippen molar-refractivity contribution in [2.45, 2.75) is 38.1 Å². The minimum atomic E-state index is 0.464. The predicted octanol–water partition coefficient (Wildman–Crippen LogP) is 3.99. The Labute approximate surface area is 130 Å². The predicted molar refractivity (Wildman–Crippen MR) is 90.0 cm³/mol. The molecule has 0 radical (unpaired) electrons. The third-order valence-corrected chi connectivity index (χ3v) is 5.64. The summed E-state index contributed by atoms with van der Waals surface area (Å²) in [6, 6.07) is 9.20. The minimum Gasteiger partial charge on any atom is -0.316 e. The number of nitrogens with one attached hydrogen (secondary N) is 1. The Balaban J connectivity index is 1.90. The molecule has 1 unspecified atom stereocenters. The van der Waals surface area contributed by atoms with Gasteiger partial charge in [0.05, 0.1) is 10.7 Å². The maximum atomic E-state index is 4.63. The normalized spacial score (nSPS) is 12.6. The molecule has 0 spiro atoms. The lowest BCUT2D eigenvalue weighted by Crippen LogP contribution is -2.30. The molecule has 1 atom stereocenters. The van der Waals surface area contributed by atoms with Crippen LogP contribution in [-0.2, 0) is 6.42 Å². The van der Waals surface area contributed by atoms with Gasteiger partial charge in [0.15, 0.2) is 0 Å². The number of aromatic nitrogens is 1. The smallest absolute Gasteiger partial charge is 0.0946 e. The number of rotatable bonds is 6. The zero-order valence-corrected chi connectivity index (χ0v) is 14.2. The molecule has 0 saturated heterocycles. The highest BCUT2D eigenvalue weighted by Crippen LogP contribution is 2.22. The van der Waals surface area contributed by atoms with Crippen LogP contribution in [0.5, 0.6) is 0 Å². The van der Waals surface area contributed by atoms with Gasteiger partial charge in [-0.3, -0.25) is 0 Å². The van der Waals surface area contributed by atoms with E-state index >= 15 is 0 Å². The molecule has 20 heavy (non-hydrogen) atoms. The second-order valence-electron chi connectivity index (χ2n) is 5.06. The van der Waals surface area contributed by atoms with E-state index in [0.29, 0.717) is 6.04 Å². The van der Waals surface area contributed by atoms with E-state index in [0.717, 1.165) is 12.2 Å². The van der Waals surface area contributed by atoms with Crippen LogP contribution >= 0.6 is 23.1 Å². The van der Waals surface area contributed by atoms with Gasteiger partial charge < -0.3 is 5.32 Å². The van der Waals surface area contributed by atoms with Crippen molar-refractivity contribution in [1.82, 2.24) is 10.3 Å². The highest BCUT2D eigenvalue weighted by Gasteiger charge is 2.12. The van der Waals surface area contributed by atoms with Crippen molar-refractivity contribution >= 4 is 23.1 Å². The Hall–Kier alpha value is -0.840. The third-order valence-electron chi connectivity index (χ3n) is 3.37. The fourth-order valence-electron chi connectivity index (χ4n) is 1.91.